The van der Waals surface area contributed by atoms with Gasteiger partial charge in [0.2, 0.25) is 5.91 Å². The molecule has 188 valence electrons. The molecule has 35 heavy (non-hydrogen) atoms. The quantitative estimate of drug-likeness (QED) is 0.505. The van der Waals surface area contributed by atoms with Crippen LogP contribution in [0, 0.1) is 5.92 Å². The van der Waals surface area contributed by atoms with E-state index in [1.54, 1.807) is 25.3 Å². The number of phenols is 1. The summed E-state index contributed by atoms with van der Waals surface area (Å²) in [5, 5.41) is 11.3. The van der Waals surface area contributed by atoms with Gasteiger partial charge in [0.25, 0.3) is 0 Å². The predicted molar refractivity (Wildman–Crippen MR) is 141 cm³/mol. The maximum Gasteiger partial charge on any atom is 0.226 e. The molecule has 5 nitrogen and oxygen atoms in total. The van der Waals surface area contributed by atoms with E-state index in [2.05, 4.69) is 17.5 Å². The van der Waals surface area contributed by atoms with Gasteiger partial charge in [0.1, 0.15) is 5.75 Å². The van der Waals surface area contributed by atoms with E-state index in [1.165, 1.54) is 0 Å². The van der Waals surface area contributed by atoms with Gasteiger partial charge >= 0.3 is 0 Å². The molecule has 1 aliphatic carbocycles. The fraction of sp³-hybridized carbons (Fsp3) is 0.464. The summed E-state index contributed by atoms with van der Waals surface area (Å²) in [5.41, 5.74) is 1.77. The number of nitrogens with zero attached hydrogens (tertiary/aromatic N) is 2. The number of aromatic hydroxyl groups is 1. The summed E-state index contributed by atoms with van der Waals surface area (Å²) in [6, 6.07) is 13.0. The molecule has 1 aliphatic heterocycles. The lowest BCUT2D eigenvalue weighted by Gasteiger charge is -2.56. The zero-order chi connectivity index (χ0) is 25.2. The minimum atomic E-state index is -0.196. The highest BCUT2D eigenvalue weighted by molar-refractivity contribution is 6.42. The van der Waals surface area contributed by atoms with Crippen molar-refractivity contribution in [1.82, 2.24) is 9.80 Å². The number of halogens is 2. The molecule has 7 heteroatoms. The molecule has 4 rings (SSSR count). The van der Waals surface area contributed by atoms with Gasteiger partial charge in [-0.2, -0.15) is 0 Å². The molecule has 0 radical (unpaired) electrons. The highest BCUT2D eigenvalue weighted by Gasteiger charge is 2.53. The molecule has 1 saturated heterocycles. The summed E-state index contributed by atoms with van der Waals surface area (Å²) in [6.45, 7) is 6.59. The van der Waals surface area contributed by atoms with Gasteiger partial charge in [-0.15, -0.1) is 6.58 Å². The van der Waals surface area contributed by atoms with E-state index < -0.39 is 0 Å². The van der Waals surface area contributed by atoms with Gasteiger partial charge in [-0.3, -0.25) is 9.69 Å². The third kappa shape index (κ3) is 5.39. The number of hydrogen-bond donors (Lipinski definition) is 1. The lowest BCUT2D eigenvalue weighted by Crippen LogP contribution is -2.61. The number of methoxy groups -OCH3 is 1. The second-order valence-corrected chi connectivity index (χ2v) is 10.7. The highest BCUT2D eigenvalue weighted by Crippen LogP contribution is 2.51. The van der Waals surface area contributed by atoms with Gasteiger partial charge in [-0.1, -0.05) is 47.5 Å². The molecule has 1 saturated carbocycles. The Morgan fingerprint density at radius 1 is 1.29 bits per heavy atom. The number of piperidine rings is 1. The third-order valence-electron chi connectivity index (χ3n) is 7.98. The normalized spacial score (nSPS) is 26.7. The second kappa shape index (κ2) is 10.9. The lowest BCUT2D eigenvalue weighted by molar-refractivity contribution is -0.136. The Morgan fingerprint density at radius 2 is 2.09 bits per heavy atom. The van der Waals surface area contributed by atoms with E-state index in [1.807, 2.05) is 36.2 Å². The summed E-state index contributed by atoms with van der Waals surface area (Å²) < 4.78 is 6.09. The van der Waals surface area contributed by atoms with Crippen LogP contribution in [0.5, 0.6) is 5.75 Å². The van der Waals surface area contributed by atoms with E-state index in [0.717, 1.165) is 50.0 Å². The van der Waals surface area contributed by atoms with Gasteiger partial charge in [0.05, 0.1) is 22.6 Å². The number of fused-ring (bicyclic) bond motifs is 1. The second-order valence-electron chi connectivity index (χ2n) is 9.91. The molecule has 0 aromatic heterocycles. The van der Waals surface area contributed by atoms with Gasteiger partial charge in [0, 0.05) is 44.6 Å². The lowest BCUT2D eigenvalue weighted by atomic mass is 9.56. The first-order chi connectivity index (χ1) is 16.8. The van der Waals surface area contributed by atoms with Gasteiger partial charge < -0.3 is 14.7 Å². The van der Waals surface area contributed by atoms with Crippen molar-refractivity contribution in [2.75, 3.05) is 33.8 Å². The van der Waals surface area contributed by atoms with Gasteiger partial charge in [-0.05, 0) is 61.2 Å². The molecule has 0 bridgehead atoms. The van der Waals surface area contributed by atoms with E-state index in [-0.39, 0.29) is 41.6 Å². The highest BCUT2D eigenvalue weighted by atomic mass is 35.5. The van der Waals surface area contributed by atoms with Crippen LogP contribution in [0.4, 0.5) is 0 Å². The molecule has 0 spiro atoms. The predicted octanol–water partition coefficient (Wildman–Crippen LogP) is 5.32. The Hall–Kier alpha value is -2.05. The number of likely N-dealkylation sites (tertiary alicyclic amines) is 1. The molecule has 4 unspecified atom stereocenters. The SMILES string of the molecule is C=CCN1CCC2(c3cccc(O)c3)CC(N(C)C(=O)Cc3ccc(Cl)c(Cl)c3)CC(OC)C2C1. The van der Waals surface area contributed by atoms with Gasteiger partial charge in [0.15, 0.2) is 0 Å². The summed E-state index contributed by atoms with van der Waals surface area (Å²) in [6.07, 6.45) is 4.73. The monoisotopic (exact) mass is 516 g/mol. The van der Waals surface area contributed by atoms with Crippen molar-refractivity contribution in [3.63, 3.8) is 0 Å². The summed E-state index contributed by atoms with van der Waals surface area (Å²) in [4.78, 5) is 17.6. The Bertz CT molecular complexity index is 1080. The van der Waals surface area contributed by atoms with Crippen LogP contribution < -0.4 is 0 Å². The zero-order valence-corrected chi connectivity index (χ0v) is 21.9. The summed E-state index contributed by atoms with van der Waals surface area (Å²) in [7, 11) is 3.66. The Kier molecular flexibility index (Phi) is 8.12. The Balaban J connectivity index is 1.63. The molecule has 2 aliphatic rings. The van der Waals surface area contributed by atoms with Crippen LogP contribution in [0.15, 0.2) is 55.1 Å². The average Bonchev–Trinajstić information content (AvgIpc) is 2.85. The van der Waals surface area contributed by atoms with Crippen molar-refractivity contribution in [2.24, 2.45) is 5.92 Å². The fourth-order valence-electron chi connectivity index (χ4n) is 6.10. The maximum absolute atomic E-state index is 13.3. The number of carbonyl (C=O) groups excluding carboxylic acids is 1. The largest absolute Gasteiger partial charge is 0.508 e. The van der Waals surface area contributed by atoms with Gasteiger partial charge in [-0.25, -0.2) is 0 Å². The first-order valence-corrected chi connectivity index (χ1v) is 12.9. The Morgan fingerprint density at radius 3 is 2.77 bits per heavy atom. The van der Waals surface area contributed by atoms with Crippen molar-refractivity contribution in [3.8, 4) is 5.75 Å². The molecular weight excluding hydrogens is 483 g/mol. The molecule has 1 heterocycles. The number of phenolic OH excluding ortho intramolecular Hbond substituents is 1. The number of rotatable bonds is 7. The summed E-state index contributed by atoms with van der Waals surface area (Å²) >= 11 is 12.2. The van der Waals surface area contributed by atoms with Crippen LogP contribution in [0.1, 0.15) is 30.4 Å². The summed E-state index contributed by atoms with van der Waals surface area (Å²) in [5.74, 6) is 0.555. The van der Waals surface area contributed by atoms with Crippen molar-refractivity contribution in [2.45, 2.75) is 43.2 Å². The standard InChI is InChI=1S/C28H34Cl2N2O3/c1-4-11-32-12-10-28(20-6-5-7-22(33)15-20)17-21(16-26(35-3)23(28)18-32)31(2)27(34)14-19-8-9-24(29)25(30)13-19/h4-9,13,15,21,23,26,33H,1,10-12,14,16-18H2,2-3H3. The van der Waals surface area contributed by atoms with Crippen LogP contribution in [0.3, 0.4) is 0 Å². The van der Waals surface area contributed by atoms with E-state index >= 15 is 0 Å². The Labute approximate surface area is 218 Å². The molecular formula is C28H34Cl2N2O3. The third-order valence-corrected chi connectivity index (χ3v) is 8.72. The van der Waals surface area contributed by atoms with Crippen LogP contribution in [-0.2, 0) is 21.4 Å². The van der Waals surface area contributed by atoms with Crippen LogP contribution in [-0.4, -0.2) is 66.8 Å². The fourth-order valence-corrected chi connectivity index (χ4v) is 6.42. The smallest absolute Gasteiger partial charge is 0.226 e. The molecule has 4 atom stereocenters. The minimum absolute atomic E-state index is 0.0102. The molecule has 2 aromatic carbocycles. The number of benzene rings is 2. The van der Waals surface area contributed by atoms with E-state index in [9.17, 15) is 9.90 Å². The van der Waals surface area contributed by atoms with Crippen LogP contribution in [0.25, 0.3) is 0 Å². The van der Waals surface area contributed by atoms with E-state index in [4.69, 9.17) is 27.9 Å². The zero-order valence-electron chi connectivity index (χ0n) is 20.4. The van der Waals surface area contributed by atoms with Crippen molar-refractivity contribution in [1.29, 1.82) is 0 Å². The van der Waals surface area contributed by atoms with Crippen molar-refractivity contribution in [3.05, 3.63) is 76.3 Å². The maximum atomic E-state index is 13.3. The molecule has 2 fully saturated rings. The van der Waals surface area contributed by atoms with Crippen LogP contribution >= 0.6 is 23.2 Å². The molecule has 1 amide bonds. The van der Waals surface area contributed by atoms with Crippen LogP contribution in [0.2, 0.25) is 10.0 Å². The minimum Gasteiger partial charge on any atom is -0.508 e. The number of ether oxygens (including phenoxy) is 1. The topological polar surface area (TPSA) is 53.0 Å². The molecule has 1 N–H and O–H groups in total. The molecule has 2 aromatic rings. The number of hydrogen-bond acceptors (Lipinski definition) is 4. The first-order valence-electron chi connectivity index (χ1n) is 12.1. The number of likely N-dealkylation sites (N-methyl/N-ethyl adjacent to an activating group) is 1. The van der Waals surface area contributed by atoms with Crippen molar-refractivity contribution < 1.29 is 14.6 Å². The number of carbonyl (C=O) groups is 1. The number of amides is 1. The average molecular weight is 517 g/mol. The first kappa shape index (κ1) is 26.0. The van der Waals surface area contributed by atoms with E-state index in [0.29, 0.717) is 10.0 Å². The van der Waals surface area contributed by atoms with Crippen molar-refractivity contribution >= 4 is 29.1 Å².